The lowest BCUT2D eigenvalue weighted by Gasteiger charge is -2.14. The van der Waals surface area contributed by atoms with Crippen molar-refractivity contribution in [3.8, 4) is 5.75 Å². The van der Waals surface area contributed by atoms with Crippen molar-refractivity contribution in [3.63, 3.8) is 0 Å². The number of likely N-dealkylation sites (N-methyl/N-ethyl adjacent to an activating group) is 1. The topological polar surface area (TPSA) is 75.7 Å². The number of nitrogens with one attached hydrogen (secondary N) is 1. The summed E-state index contributed by atoms with van der Waals surface area (Å²) in [6, 6.07) is 9.56. The number of anilines is 1. The first kappa shape index (κ1) is 19.4. The fraction of sp³-hybridized carbons (Fsp3) is 0.211. The molecule has 0 bridgehead atoms. The zero-order valence-corrected chi connectivity index (χ0v) is 16.5. The van der Waals surface area contributed by atoms with Crippen molar-refractivity contribution >= 4 is 39.1 Å². The number of hydrogen-bond donors (Lipinski definition) is 1. The molecule has 0 saturated heterocycles. The highest BCUT2D eigenvalue weighted by atomic mass is 35.5. The van der Waals surface area contributed by atoms with Crippen LogP contribution in [0.15, 0.2) is 46.7 Å². The van der Waals surface area contributed by atoms with Gasteiger partial charge in [0.15, 0.2) is 0 Å². The van der Waals surface area contributed by atoms with Crippen LogP contribution in [-0.2, 0) is 9.84 Å². The Balaban J connectivity index is 1.82. The maximum absolute atomic E-state index is 12.7. The molecule has 0 fully saturated rings. The lowest BCUT2D eigenvalue weighted by Crippen LogP contribution is -2.21. The monoisotopic (exact) mass is 406 g/mol. The summed E-state index contributed by atoms with van der Waals surface area (Å²) in [6.45, 7) is 1.11. The highest BCUT2D eigenvalue weighted by molar-refractivity contribution is 7.94. The van der Waals surface area contributed by atoms with Crippen molar-refractivity contribution < 1.29 is 17.9 Å². The number of rotatable bonds is 6. The van der Waals surface area contributed by atoms with Gasteiger partial charge in [0.05, 0.1) is 10.5 Å². The van der Waals surface area contributed by atoms with E-state index in [1.807, 2.05) is 19.0 Å². The van der Waals surface area contributed by atoms with Crippen LogP contribution in [0.1, 0.15) is 15.9 Å². The molecule has 0 aromatic heterocycles. The molecule has 0 unspecified atom stereocenters. The molecule has 0 atom stereocenters. The molecule has 0 saturated carbocycles. The molecule has 2 aromatic rings. The van der Waals surface area contributed by atoms with Crippen molar-refractivity contribution in [2.45, 2.75) is 4.90 Å². The van der Waals surface area contributed by atoms with Gasteiger partial charge in [-0.25, -0.2) is 8.42 Å². The standard InChI is InChI=1S/C19H19ClN2O4S/c1-22(2)8-9-26-17-6-4-14(20)11-16(17)19(23)21-15-5-3-13-7-10-27(24,25)18(13)12-15/h3-7,10-12H,8-9H2,1-2H3,(H,21,23). The van der Waals surface area contributed by atoms with Gasteiger partial charge in [-0.1, -0.05) is 17.7 Å². The quantitative estimate of drug-likeness (QED) is 0.796. The first-order chi connectivity index (χ1) is 12.8. The van der Waals surface area contributed by atoms with Crippen molar-refractivity contribution in [2.75, 3.05) is 32.6 Å². The van der Waals surface area contributed by atoms with Crippen LogP contribution >= 0.6 is 11.6 Å². The molecule has 0 aliphatic carbocycles. The molecule has 8 heteroatoms. The average Bonchev–Trinajstić information content (AvgIpc) is 2.90. The van der Waals surface area contributed by atoms with Crippen molar-refractivity contribution in [1.82, 2.24) is 4.90 Å². The fourth-order valence-corrected chi connectivity index (χ4v) is 3.97. The molecule has 27 heavy (non-hydrogen) atoms. The third kappa shape index (κ3) is 4.50. The predicted molar refractivity (Wildman–Crippen MR) is 106 cm³/mol. The Kier molecular flexibility index (Phi) is 5.55. The third-order valence-electron chi connectivity index (χ3n) is 3.99. The van der Waals surface area contributed by atoms with Crippen LogP contribution in [0.2, 0.25) is 5.02 Å². The predicted octanol–water partition coefficient (Wildman–Crippen LogP) is 3.29. The van der Waals surface area contributed by atoms with E-state index in [0.29, 0.717) is 35.2 Å². The lowest BCUT2D eigenvalue weighted by atomic mass is 10.1. The van der Waals surface area contributed by atoms with Crippen molar-refractivity contribution in [3.05, 3.63) is 58.0 Å². The summed E-state index contributed by atoms with van der Waals surface area (Å²) in [6.07, 6.45) is 1.53. The lowest BCUT2D eigenvalue weighted by molar-refractivity contribution is 0.102. The second kappa shape index (κ2) is 7.72. The smallest absolute Gasteiger partial charge is 0.259 e. The largest absolute Gasteiger partial charge is 0.491 e. The Hall–Kier alpha value is -2.35. The number of benzene rings is 2. The summed E-state index contributed by atoms with van der Waals surface area (Å²) < 4.78 is 29.7. The second-order valence-corrected chi connectivity index (χ2v) is 8.59. The van der Waals surface area contributed by atoms with Gasteiger partial charge in [-0.05, 0) is 56.1 Å². The molecule has 2 aromatic carbocycles. The second-order valence-electron chi connectivity index (χ2n) is 6.35. The third-order valence-corrected chi connectivity index (χ3v) is 5.68. The number of halogens is 1. The Morgan fingerprint density at radius 1 is 1.19 bits per heavy atom. The Morgan fingerprint density at radius 3 is 2.70 bits per heavy atom. The first-order valence-electron chi connectivity index (χ1n) is 8.22. The molecule has 3 rings (SSSR count). The van der Waals surface area contributed by atoms with E-state index in [2.05, 4.69) is 5.32 Å². The number of fused-ring (bicyclic) bond motifs is 1. The van der Waals surface area contributed by atoms with Gasteiger partial charge in [0.25, 0.3) is 5.91 Å². The van der Waals surface area contributed by atoms with E-state index >= 15 is 0 Å². The number of nitrogens with zero attached hydrogens (tertiary/aromatic N) is 1. The molecule has 1 N–H and O–H groups in total. The molecule has 1 amide bonds. The number of carbonyl (C=O) groups is 1. The van der Waals surface area contributed by atoms with Gasteiger partial charge < -0.3 is 15.0 Å². The van der Waals surface area contributed by atoms with Crippen LogP contribution in [0.25, 0.3) is 6.08 Å². The molecule has 142 valence electrons. The number of carbonyl (C=O) groups excluding carboxylic acids is 1. The summed E-state index contributed by atoms with van der Waals surface area (Å²) in [4.78, 5) is 14.9. The Bertz CT molecular complexity index is 1020. The maximum Gasteiger partial charge on any atom is 0.259 e. The highest BCUT2D eigenvalue weighted by Crippen LogP contribution is 2.30. The molecule has 6 nitrogen and oxygen atoms in total. The van der Waals surface area contributed by atoms with E-state index in [-0.39, 0.29) is 10.5 Å². The minimum Gasteiger partial charge on any atom is -0.491 e. The summed E-state index contributed by atoms with van der Waals surface area (Å²) >= 11 is 6.03. The molecule has 1 aliphatic rings. The van der Waals surface area contributed by atoms with E-state index in [0.717, 1.165) is 5.41 Å². The van der Waals surface area contributed by atoms with E-state index in [9.17, 15) is 13.2 Å². The zero-order chi connectivity index (χ0) is 19.6. The van der Waals surface area contributed by atoms with Gasteiger partial charge in [0.2, 0.25) is 9.84 Å². The van der Waals surface area contributed by atoms with Crippen molar-refractivity contribution in [1.29, 1.82) is 0 Å². The van der Waals surface area contributed by atoms with E-state index in [1.54, 1.807) is 24.3 Å². The minimum atomic E-state index is -3.45. The van der Waals surface area contributed by atoms with Gasteiger partial charge >= 0.3 is 0 Å². The van der Waals surface area contributed by atoms with Crippen LogP contribution in [0.4, 0.5) is 5.69 Å². The Labute approximate surface area is 163 Å². The first-order valence-corrected chi connectivity index (χ1v) is 10.1. The normalized spacial score (nSPS) is 14.2. The van der Waals surface area contributed by atoms with E-state index in [1.165, 1.54) is 18.2 Å². The van der Waals surface area contributed by atoms with Gasteiger partial charge in [-0.2, -0.15) is 0 Å². The number of amides is 1. The molecular weight excluding hydrogens is 388 g/mol. The Morgan fingerprint density at radius 2 is 1.96 bits per heavy atom. The summed E-state index contributed by atoms with van der Waals surface area (Å²) in [5.41, 5.74) is 1.26. The molecule has 1 heterocycles. The fourth-order valence-electron chi connectivity index (χ4n) is 2.57. The highest BCUT2D eigenvalue weighted by Gasteiger charge is 2.22. The molecule has 0 spiro atoms. The van der Waals surface area contributed by atoms with Gasteiger partial charge in [0.1, 0.15) is 12.4 Å². The van der Waals surface area contributed by atoms with Gasteiger partial charge in [0, 0.05) is 22.7 Å². The number of hydrogen-bond acceptors (Lipinski definition) is 5. The van der Waals surface area contributed by atoms with Gasteiger partial charge in [-0.15, -0.1) is 0 Å². The van der Waals surface area contributed by atoms with Gasteiger partial charge in [-0.3, -0.25) is 4.79 Å². The van der Waals surface area contributed by atoms with E-state index in [4.69, 9.17) is 16.3 Å². The maximum atomic E-state index is 12.7. The molecule has 1 aliphatic heterocycles. The summed E-state index contributed by atoms with van der Waals surface area (Å²) in [5, 5.41) is 4.27. The number of sulfone groups is 1. The number of ether oxygens (including phenoxy) is 1. The van der Waals surface area contributed by atoms with Crippen LogP contribution in [0, 0.1) is 0 Å². The van der Waals surface area contributed by atoms with Crippen LogP contribution in [0.5, 0.6) is 5.75 Å². The zero-order valence-electron chi connectivity index (χ0n) is 14.9. The summed E-state index contributed by atoms with van der Waals surface area (Å²) in [5.74, 6) is -0.0187. The van der Waals surface area contributed by atoms with Crippen LogP contribution in [0.3, 0.4) is 0 Å². The van der Waals surface area contributed by atoms with Crippen LogP contribution in [-0.4, -0.2) is 46.5 Å². The molecule has 0 radical (unpaired) electrons. The summed E-state index contributed by atoms with van der Waals surface area (Å²) in [7, 11) is 0.406. The minimum absolute atomic E-state index is 0.175. The van der Waals surface area contributed by atoms with Crippen LogP contribution < -0.4 is 10.1 Å². The van der Waals surface area contributed by atoms with E-state index < -0.39 is 15.7 Å². The SMILES string of the molecule is CN(C)CCOc1ccc(Cl)cc1C(=O)Nc1ccc2c(c1)S(=O)(=O)C=C2. The van der Waals surface area contributed by atoms with Crippen molar-refractivity contribution in [2.24, 2.45) is 0 Å². The average molecular weight is 407 g/mol. The molecular formula is C19H19ClN2O4S.